The van der Waals surface area contributed by atoms with Crippen LogP contribution in [0, 0.1) is 6.92 Å². The fourth-order valence-electron chi connectivity index (χ4n) is 3.89. The zero-order valence-corrected chi connectivity index (χ0v) is 17.5. The van der Waals surface area contributed by atoms with E-state index in [1.165, 1.54) is 5.56 Å². The van der Waals surface area contributed by atoms with Gasteiger partial charge in [0.25, 0.3) is 0 Å². The van der Waals surface area contributed by atoms with Gasteiger partial charge in [-0.15, -0.1) is 10.2 Å². The third-order valence-corrected chi connectivity index (χ3v) is 5.47. The molecule has 0 aliphatic carbocycles. The zero-order chi connectivity index (χ0) is 20.9. The van der Waals surface area contributed by atoms with Crippen LogP contribution in [0.2, 0.25) is 0 Å². The van der Waals surface area contributed by atoms with Gasteiger partial charge in [0.05, 0.1) is 12.6 Å². The minimum absolute atomic E-state index is 0.124. The molecule has 1 amide bonds. The van der Waals surface area contributed by atoms with Gasteiger partial charge in [-0.25, -0.2) is 0 Å². The van der Waals surface area contributed by atoms with Crippen molar-refractivity contribution in [1.82, 2.24) is 15.1 Å². The van der Waals surface area contributed by atoms with Crippen molar-refractivity contribution >= 4 is 5.91 Å². The number of aryl methyl sites for hydroxylation is 2. The average molecular weight is 405 g/mol. The Hall–Kier alpha value is -3.15. The second-order valence-electron chi connectivity index (χ2n) is 7.61. The summed E-state index contributed by atoms with van der Waals surface area (Å²) >= 11 is 0. The van der Waals surface area contributed by atoms with Crippen LogP contribution in [0.5, 0.6) is 5.75 Å². The van der Waals surface area contributed by atoms with E-state index in [0.29, 0.717) is 31.2 Å². The summed E-state index contributed by atoms with van der Waals surface area (Å²) in [5.41, 5.74) is 3.22. The van der Waals surface area contributed by atoms with Gasteiger partial charge >= 0.3 is 0 Å². The molecular weight excluding hydrogens is 378 g/mol. The van der Waals surface area contributed by atoms with Crippen molar-refractivity contribution in [3.8, 4) is 17.2 Å². The Labute approximate surface area is 176 Å². The van der Waals surface area contributed by atoms with Gasteiger partial charge in [0.1, 0.15) is 5.75 Å². The lowest BCUT2D eigenvalue weighted by molar-refractivity contribution is -0.132. The first kappa shape index (κ1) is 20.1. The molecule has 1 aliphatic rings. The van der Waals surface area contributed by atoms with E-state index in [1.807, 2.05) is 55.1 Å². The van der Waals surface area contributed by atoms with E-state index in [-0.39, 0.29) is 11.9 Å². The zero-order valence-electron chi connectivity index (χ0n) is 17.5. The highest BCUT2D eigenvalue weighted by Crippen LogP contribution is 2.33. The van der Waals surface area contributed by atoms with Gasteiger partial charge in [-0.1, -0.05) is 29.8 Å². The molecule has 3 aromatic rings. The number of carbonyl (C=O) groups is 1. The molecule has 2 aromatic carbocycles. The summed E-state index contributed by atoms with van der Waals surface area (Å²) in [7, 11) is 0. The second-order valence-corrected chi connectivity index (χ2v) is 7.61. The number of carbonyl (C=O) groups excluding carboxylic acids is 1. The summed E-state index contributed by atoms with van der Waals surface area (Å²) in [6, 6.07) is 16.1. The van der Waals surface area contributed by atoms with Crippen LogP contribution < -0.4 is 4.74 Å². The van der Waals surface area contributed by atoms with E-state index in [4.69, 9.17) is 9.15 Å². The SMILES string of the molecule is CCOc1ccc(C2CCCN2C(=O)CCc2nnc(-c3ccc(C)cc3)o2)cc1. The van der Waals surface area contributed by atoms with E-state index >= 15 is 0 Å². The van der Waals surface area contributed by atoms with E-state index in [1.54, 1.807) is 0 Å². The highest BCUT2D eigenvalue weighted by atomic mass is 16.5. The lowest BCUT2D eigenvalue weighted by atomic mass is 10.0. The van der Waals surface area contributed by atoms with Crippen molar-refractivity contribution < 1.29 is 13.9 Å². The largest absolute Gasteiger partial charge is 0.494 e. The maximum Gasteiger partial charge on any atom is 0.247 e. The van der Waals surface area contributed by atoms with Crippen LogP contribution in [-0.2, 0) is 11.2 Å². The van der Waals surface area contributed by atoms with Crippen molar-refractivity contribution in [2.45, 2.75) is 45.6 Å². The van der Waals surface area contributed by atoms with Crippen molar-refractivity contribution in [2.24, 2.45) is 0 Å². The highest BCUT2D eigenvalue weighted by Gasteiger charge is 2.29. The van der Waals surface area contributed by atoms with Gasteiger partial charge in [0.15, 0.2) is 0 Å². The number of nitrogens with zero attached hydrogens (tertiary/aromatic N) is 3. The second kappa shape index (κ2) is 9.11. The van der Waals surface area contributed by atoms with Gasteiger partial charge in [0, 0.05) is 24.9 Å². The van der Waals surface area contributed by atoms with E-state index in [2.05, 4.69) is 22.3 Å². The Bertz CT molecular complexity index is 980. The standard InChI is InChI=1S/C24H27N3O3/c1-3-29-20-12-10-18(11-13-20)21-5-4-16-27(21)23(28)15-14-22-25-26-24(30-22)19-8-6-17(2)7-9-19/h6-13,21H,3-5,14-16H2,1-2H3. The van der Waals surface area contributed by atoms with Crippen LogP contribution >= 0.6 is 0 Å². The molecule has 0 radical (unpaired) electrons. The number of hydrogen-bond acceptors (Lipinski definition) is 5. The topological polar surface area (TPSA) is 68.5 Å². The number of amides is 1. The first-order chi connectivity index (χ1) is 14.6. The fraction of sp³-hybridized carbons (Fsp3) is 0.375. The third kappa shape index (κ3) is 4.53. The summed E-state index contributed by atoms with van der Waals surface area (Å²) in [5, 5.41) is 8.24. The predicted octanol–water partition coefficient (Wildman–Crippen LogP) is 4.74. The summed E-state index contributed by atoms with van der Waals surface area (Å²) in [5.74, 6) is 1.97. The van der Waals surface area contributed by atoms with Gasteiger partial charge in [-0.05, 0) is 56.5 Å². The molecule has 4 rings (SSSR count). The molecule has 1 atom stereocenters. The number of ether oxygens (including phenoxy) is 1. The Morgan fingerprint density at radius 3 is 2.63 bits per heavy atom. The fourth-order valence-corrected chi connectivity index (χ4v) is 3.89. The number of rotatable bonds is 7. The Kier molecular flexibility index (Phi) is 6.12. The molecule has 0 saturated carbocycles. The van der Waals surface area contributed by atoms with Crippen LogP contribution in [0.25, 0.3) is 11.5 Å². The molecular formula is C24H27N3O3. The molecule has 0 bridgehead atoms. The van der Waals surface area contributed by atoms with E-state index in [0.717, 1.165) is 36.3 Å². The average Bonchev–Trinajstić information content (AvgIpc) is 3.43. The molecule has 156 valence electrons. The quantitative estimate of drug-likeness (QED) is 0.568. The molecule has 6 nitrogen and oxygen atoms in total. The maximum atomic E-state index is 12.9. The molecule has 1 saturated heterocycles. The Balaban J connectivity index is 1.37. The number of hydrogen-bond donors (Lipinski definition) is 0. The monoisotopic (exact) mass is 405 g/mol. The van der Waals surface area contributed by atoms with Crippen LogP contribution in [-0.4, -0.2) is 34.2 Å². The summed E-state index contributed by atoms with van der Waals surface area (Å²) in [6.45, 7) is 5.44. The number of likely N-dealkylation sites (tertiary alicyclic amines) is 1. The lowest BCUT2D eigenvalue weighted by Crippen LogP contribution is -2.30. The molecule has 6 heteroatoms. The Morgan fingerprint density at radius 1 is 1.13 bits per heavy atom. The van der Waals surface area contributed by atoms with Crippen molar-refractivity contribution in [3.63, 3.8) is 0 Å². The summed E-state index contributed by atoms with van der Waals surface area (Å²) in [4.78, 5) is 14.9. The third-order valence-electron chi connectivity index (χ3n) is 5.47. The first-order valence-corrected chi connectivity index (χ1v) is 10.6. The van der Waals surface area contributed by atoms with Gasteiger partial charge < -0.3 is 14.1 Å². The van der Waals surface area contributed by atoms with E-state index < -0.39 is 0 Å². The normalized spacial score (nSPS) is 16.1. The van der Waals surface area contributed by atoms with E-state index in [9.17, 15) is 4.79 Å². The Morgan fingerprint density at radius 2 is 1.90 bits per heavy atom. The summed E-state index contributed by atoms with van der Waals surface area (Å²) in [6.07, 6.45) is 2.81. The minimum Gasteiger partial charge on any atom is -0.494 e. The first-order valence-electron chi connectivity index (χ1n) is 10.6. The molecule has 1 unspecified atom stereocenters. The molecule has 2 heterocycles. The molecule has 0 spiro atoms. The van der Waals surface area contributed by atoms with Gasteiger partial charge in [-0.3, -0.25) is 4.79 Å². The van der Waals surface area contributed by atoms with Crippen molar-refractivity contribution in [3.05, 3.63) is 65.5 Å². The number of aromatic nitrogens is 2. The van der Waals surface area contributed by atoms with Crippen LogP contribution in [0.4, 0.5) is 0 Å². The van der Waals surface area contributed by atoms with Crippen LogP contribution in [0.15, 0.2) is 52.9 Å². The lowest BCUT2D eigenvalue weighted by Gasteiger charge is -2.25. The highest BCUT2D eigenvalue weighted by molar-refractivity contribution is 5.77. The molecule has 1 fully saturated rings. The minimum atomic E-state index is 0.124. The van der Waals surface area contributed by atoms with Gasteiger partial charge in [0.2, 0.25) is 17.7 Å². The van der Waals surface area contributed by atoms with Crippen molar-refractivity contribution in [1.29, 1.82) is 0 Å². The predicted molar refractivity (Wildman–Crippen MR) is 114 cm³/mol. The van der Waals surface area contributed by atoms with Crippen LogP contribution in [0.3, 0.4) is 0 Å². The van der Waals surface area contributed by atoms with Crippen molar-refractivity contribution in [2.75, 3.05) is 13.2 Å². The van der Waals surface area contributed by atoms with Gasteiger partial charge in [-0.2, -0.15) is 0 Å². The molecule has 1 aliphatic heterocycles. The number of benzene rings is 2. The molecule has 0 N–H and O–H groups in total. The smallest absolute Gasteiger partial charge is 0.247 e. The summed E-state index contributed by atoms with van der Waals surface area (Å²) < 4.78 is 11.3. The maximum absolute atomic E-state index is 12.9. The molecule has 30 heavy (non-hydrogen) atoms. The van der Waals surface area contributed by atoms with Crippen LogP contribution in [0.1, 0.15) is 49.2 Å². The molecule has 1 aromatic heterocycles.